The number of carbonyl (C=O) groups excluding carboxylic acids is 1. The predicted molar refractivity (Wildman–Crippen MR) is 80.1 cm³/mol. The summed E-state index contributed by atoms with van der Waals surface area (Å²) in [7, 11) is 0. The third-order valence-corrected chi connectivity index (χ3v) is 3.55. The first-order valence-corrected chi connectivity index (χ1v) is 8.00. The molecule has 0 bridgehead atoms. The van der Waals surface area contributed by atoms with E-state index in [0.29, 0.717) is 18.2 Å². The van der Waals surface area contributed by atoms with Crippen molar-refractivity contribution in [3.05, 3.63) is 0 Å². The summed E-state index contributed by atoms with van der Waals surface area (Å²) in [5.41, 5.74) is 0. The number of unbranched alkanes of at least 4 members (excludes halogenated alkanes) is 5. The van der Waals surface area contributed by atoms with E-state index in [2.05, 4.69) is 26.1 Å². The zero-order valence-electron chi connectivity index (χ0n) is 12.3. The van der Waals surface area contributed by atoms with Crippen molar-refractivity contribution in [1.82, 2.24) is 5.32 Å². The van der Waals surface area contributed by atoms with E-state index < -0.39 is 0 Å². The summed E-state index contributed by atoms with van der Waals surface area (Å²) in [6, 6.07) is 0.232. The van der Waals surface area contributed by atoms with Crippen molar-refractivity contribution in [3.63, 3.8) is 0 Å². The normalized spacial score (nSPS) is 12.7. The molecule has 0 radical (unpaired) electrons. The molecule has 0 saturated heterocycles. The smallest absolute Gasteiger partial charge is 0.220 e. The molecule has 1 atom stereocenters. The molecule has 108 valence electrons. The van der Waals surface area contributed by atoms with Crippen molar-refractivity contribution < 1.29 is 4.79 Å². The highest BCUT2D eigenvalue weighted by atomic mass is 35.5. The summed E-state index contributed by atoms with van der Waals surface area (Å²) in [6.07, 6.45) is 8.87. The standard InChI is InChI=1S/C15H30ClNO/c1-4-5-6-7-8-9-10-15(18)17-14(11-12-16)13(2)3/h13-14H,4-12H2,1-3H3,(H,17,18). The van der Waals surface area contributed by atoms with Gasteiger partial charge in [-0.3, -0.25) is 4.79 Å². The van der Waals surface area contributed by atoms with E-state index in [-0.39, 0.29) is 11.9 Å². The lowest BCUT2D eigenvalue weighted by Gasteiger charge is -2.21. The summed E-state index contributed by atoms with van der Waals surface area (Å²) in [6.45, 7) is 6.47. The Balaban J connectivity index is 3.62. The fraction of sp³-hybridized carbons (Fsp3) is 0.933. The summed E-state index contributed by atoms with van der Waals surface area (Å²) in [5, 5.41) is 3.10. The van der Waals surface area contributed by atoms with Crippen LogP contribution in [0.3, 0.4) is 0 Å². The van der Waals surface area contributed by atoms with Crippen LogP contribution < -0.4 is 5.32 Å². The second kappa shape index (κ2) is 11.8. The second-order valence-corrected chi connectivity index (χ2v) is 5.79. The Morgan fingerprint density at radius 2 is 1.72 bits per heavy atom. The van der Waals surface area contributed by atoms with Crippen molar-refractivity contribution >= 4 is 17.5 Å². The van der Waals surface area contributed by atoms with Gasteiger partial charge in [0.25, 0.3) is 0 Å². The highest BCUT2D eigenvalue weighted by molar-refractivity contribution is 6.17. The number of nitrogens with one attached hydrogen (secondary N) is 1. The van der Waals surface area contributed by atoms with Crippen molar-refractivity contribution in [3.8, 4) is 0 Å². The average molecular weight is 276 g/mol. The third-order valence-electron chi connectivity index (χ3n) is 3.33. The Bertz CT molecular complexity index is 207. The van der Waals surface area contributed by atoms with Gasteiger partial charge in [0, 0.05) is 18.3 Å². The molecule has 0 aromatic rings. The van der Waals surface area contributed by atoms with Gasteiger partial charge in [-0.25, -0.2) is 0 Å². The largest absolute Gasteiger partial charge is 0.353 e. The first-order chi connectivity index (χ1) is 8.61. The van der Waals surface area contributed by atoms with E-state index in [1.165, 1.54) is 32.1 Å². The van der Waals surface area contributed by atoms with Gasteiger partial charge in [-0.1, -0.05) is 52.9 Å². The van der Waals surface area contributed by atoms with Crippen molar-refractivity contribution in [1.29, 1.82) is 0 Å². The Kier molecular flexibility index (Phi) is 11.7. The molecule has 0 aliphatic heterocycles. The molecular weight excluding hydrogens is 246 g/mol. The molecule has 3 heteroatoms. The van der Waals surface area contributed by atoms with Gasteiger partial charge in [-0.15, -0.1) is 11.6 Å². The maximum absolute atomic E-state index is 11.8. The van der Waals surface area contributed by atoms with E-state index in [1.807, 2.05) is 0 Å². The molecule has 2 nitrogen and oxygen atoms in total. The van der Waals surface area contributed by atoms with E-state index in [1.54, 1.807) is 0 Å². The quantitative estimate of drug-likeness (QED) is 0.436. The van der Waals surface area contributed by atoms with Crippen molar-refractivity contribution in [2.75, 3.05) is 5.88 Å². The minimum atomic E-state index is 0.189. The highest BCUT2D eigenvalue weighted by Crippen LogP contribution is 2.10. The van der Waals surface area contributed by atoms with Crippen molar-refractivity contribution in [2.24, 2.45) is 5.92 Å². The molecule has 0 fully saturated rings. The highest BCUT2D eigenvalue weighted by Gasteiger charge is 2.14. The number of halogens is 1. The van der Waals surface area contributed by atoms with Crippen LogP contribution in [0, 0.1) is 5.92 Å². The van der Waals surface area contributed by atoms with Crippen LogP contribution in [0.25, 0.3) is 0 Å². The van der Waals surface area contributed by atoms with Gasteiger partial charge in [0.05, 0.1) is 0 Å². The minimum absolute atomic E-state index is 0.189. The summed E-state index contributed by atoms with van der Waals surface area (Å²) >= 11 is 5.75. The van der Waals surface area contributed by atoms with Crippen LogP contribution in [-0.4, -0.2) is 17.8 Å². The molecule has 1 unspecified atom stereocenters. The summed E-state index contributed by atoms with van der Waals surface area (Å²) < 4.78 is 0. The van der Waals surface area contributed by atoms with Crippen molar-refractivity contribution in [2.45, 2.75) is 78.2 Å². The first kappa shape index (κ1) is 17.8. The number of amides is 1. The Labute approximate surface area is 118 Å². The molecule has 0 aliphatic carbocycles. The maximum Gasteiger partial charge on any atom is 0.220 e. The maximum atomic E-state index is 11.8. The lowest BCUT2D eigenvalue weighted by atomic mass is 10.0. The van der Waals surface area contributed by atoms with Crippen LogP contribution in [0.4, 0.5) is 0 Å². The van der Waals surface area contributed by atoms with Crippen LogP contribution in [0.1, 0.15) is 72.1 Å². The van der Waals surface area contributed by atoms with Crippen LogP contribution >= 0.6 is 11.6 Å². The Morgan fingerprint density at radius 3 is 2.28 bits per heavy atom. The molecule has 0 aromatic heterocycles. The number of hydrogen-bond donors (Lipinski definition) is 1. The monoisotopic (exact) mass is 275 g/mol. The SMILES string of the molecule is CCCCCCCCC(=O)NC(CCCl)C(C)C. The molecule has 0 heterocycles. The molecular formula is C15H30ClNO. The number of hydrogen-bond acceptors (Lipinski definition) is 1. The van der Waals surface area contributed by atoms with Gasteiger partial charge >= 0.3 is 0 Å². The zero-order valence-corrected chi connectivity index (χ0v) is 13.1. The Morgan fingerprint density at radius 1 is 1.11 bits per heavy atom. The fourth-order valence-electron chi connectivity index (χ4n) is 2.03. The van der Waals surface area contributed by atoms with Gasteiger partial charge in [-0.2, -0.15) is 0 Å². The molecule has 0 aliphatic rings. The lowest BCUT2D eigenvalue weighted by Crippen LogP contribution is -2.38. The van der Waals surface area contributed by atoms with E-state index >= 15 is 0 Å². The third kappa shape index (κ3) is 9.76. The molecule has 1 N–H and O–H groups in total. The zero-order chi connectivity index (χ0) is 13.8. The topological polar surface area (TPSA) is 29.1 Å². The lowest BCUT2D eigenvalue weighted by molar-refractivity contribution is -0.122. The van der Waals surface area contributed by atoms with Gasteiger partial charge in [-0.05, 0) is 18.8 Å². The number of rotatable bonds is 11. The van der Waals surface area contributed by atoms with E-state index in [4.69, 9.17) is 11.6 Å². The fourth-order valence-corrected chi connectivity index (χ4v) is 2.27. The first-order valence-electron chi connectivity index (χ1n) is 7.47. The number of alkyl halides is 1. The molecule has 0 rings (SSSR count). The van der Waals surface area contributed by atoms with Gasteiger partial charge in [0.15, 0.2) is 0 Å². The molecule has 1 amide bonds. The van der Waals surface area contributed by atoms with Gasteiger partial charge < -0.3 is 5.32 Å². The van der Waals surface area contributed by atoms with Crippen LogP contribution in [-0.2, 0) is 4.79 Å². The van der Waals surface area contributed by atoms with Crippen LogP contribution in [0.15, 0.2) is 0 Å². The van der Waals surface area contributed by atoms with Crippen LogP contribution in [0.5, 0.6) is 0 Å². The summed E-state index contributed by atoms with van der Waals surface area (Å²) in [4.78, 5) is 11.8. The van der Waals surface area contributed by atoms with E-state index in [9.17, 15) is 4.79 Å². The van der Waals surface area contributed by atoms with Gasteiger partial charge in [0.2, 0.25) is 5.91 Å². The van der Waals surface area contributed by atoms with Gasteiger partial charge in [0.1, 0.15) is 0 Å². The summed E-state index contributed by atoms with van der Waals surface area (Å²) in [5.74, 6) is 1.26. The number of carbonyl (C=O) groups is 1. The molecule has 0 spiro atoms. The molecule has 18 heavy (non-hydrogen) atoms. The average Bonchev–Trinajstić information content (AvgIpc) is 2.33. The Hall–Kier alpha value is -0.240. The minimum Gasteiger partial charge on any atom is -0.353 e. The van der Waals surface area contributed by atoms with E-state index in [0.717, 1.165) is 12.8 Å². The predicted octanol–water partition coefficient (Wildman–Crippen LogP) is 4.51. The molecule has 0 saturated carbocycles. The second-order valence-electron chi connectivity index (χ2n) is 5.41. The molecule has 0 aromatic carbocycles. The van der Waals surface area contributed by atoms with Crippen LogP contribution in [0.2, 0.25) is 0 Å².